The Balaban J connectivity index is 2.04. The van der Waals surface area contributed by atoms with Gasteiger partial charge in [-0.15, -0.1) is 0 Å². The molecule has 0 aliphatic heterocycles. The average molecular weight is 273 g/mol. The van der Waals surface area contributed by atoms with Crippen LogP contribution in [0.1, 0.15) is 26.3 Å². The van der Waals surface area contributed by atoms with Gasteiger partial charge in [0.25, 0.3) is 0 Å². The highest BCUT2D eigenvalue weighted by Crippen LogP contribution is 2.18. The van der Waals surface area contributed by atoms with Gasteiger partial charge in [0.05, 0.1) is 6.04 Å². The van der Waals surface area contributed by atoms with Crippen LogP contribution in [0.2, 0.25) is 0 Å². The normalized spacial score (nSPS) is 14.4. The monoisotopic (exact) mass is 273 g/mol. The van der Waals surface area contributed by atoms with Crippen molar-refractivity contribution in [2.24, 2.45) is 11.7 Å². The van der Waals surface area contributed by atoms with E-state index in [1.807, 2.05) is 37.4 Å². The highest BCUT2D eigenvalue weighted by molar-refractivity contribution is 5.86. The molecule has 1 unspecified atom stereocenters. The molecule has 0 aliphatic rings. The van der Waals surface area contributed by atoms with Crippen LogP contribution < -0.4 is 11.1 Å². The standard InChI is InChI=1S/C16H23N3O/c1-10(2)11(3)19-16(20)14(17)8-12-9-18-15-7-5-4-6-13(12)15/h4-7,9-11,14,18H,8,17H2,1-3H3,(H,19,20)/t11?,14-/m0/s1. The average Bonchev–Trinajstić information content (AvgIpc) is 2.82. The smallest absolute Gasteiger partial charge is 0.237 e. The van der Waals surface area contributed by atoms with Gasteiger partial charge in [-0.3, -0.25) is 4.79 Å². The van der Waals surface area contributed by atoms with Gasteiger partial charge in [0.2, 0.25) is 5.91 Å². The number of aromatic amines is 1. The van der Waals surface area contributed by atoms with E-state index in [-0.39, 0.29) is 11.9 Å². The van der Waals surface area contributed by atoms with Crippen molar-refractivity contribution < 1.29 is 4.79 Å². The lowest BCUT2D eigenvalue weighted by atomic mass is 10.0. The van der Waals surface area contributed by atoms with Crippen LogP contribution in [0.4, 0.5) is 0 Å². The minimum atomic E-state index is -0.518. The van der Waals surface area contributed by atoms with Gasteiger partial charge in [0.15, 0.2) is 0 Å². The Morgan fingerprint density at radius 1 is 1.30 bits per heavy atom. The summed E-state index contributed by atoms with van der Waals surface area (Å²) in [5, 5.41) is 4.10. The van der Waals surface area contributed by atoms with E-state index in [0.29, 0.717) is 12.3 Å². The van der Waals surface area contributed by atoms with Crippen molar-refractivity contribution in [3.05, 3.63) is 36.0 Å². The van der Waals surface area contributed by atoms with Gasteiger partial charge < -0.3 is 16.0 Å². The fourth-order valence-corrected chi connectivity index (χ4v) is 2.13. The van der Waals surface area contributed by atoms with Crippen molar-refractivity contribution in [1.82, 2.24) is 10.3 Å². The Morgan fingerprint density at radius 2 is 2.00 bits per heavy atom. The summed E-state index contributed by atoms with van der Waals surface area (Å²) in [4.78, 5) is 15.3. The molecule has 4 heteroatoms. The summed E-state index contributed by atoms with van der Waals surface area (Å²) in [5.74, 6) is 0.315. The maximum Gasteiger partial charge on any atom is 0.237 e. The highest BCUT2D eigenvalue weighted by atomic mass is 16.2. The third-order valence-electron chi connectivity index (χ3n) is 3.82. The van der Waals surface area contributed by atoms with E-state index in [1.165, 1.54) is 0 Å². The molecular weight excluding hydrogens is 250 g/mol. The van der Waals surface area contributed by atoms with Gasteiger partial charge in [-0.25, -0.2) is 0 Å². The van der Waals surface area contributed by atoms with Crippen LogP contribution >= 0.6 is 0 Å². The third kappa shape index (κ3) is 3.20. The number of nitrogens with two attached hydrogens (primary N) is 1. The zero-order chi connectivity index (χ0) is 14.7. The molecule has 108 valence electrons. The molecule has 0 saturated carbocycles. The molecule has 0 aliphatic carbocycles. The molecule has 0 bridgehead atoms. The SMILES string of the molecule is CC(C)C(C)NC(=O)[C@@H](N)Cc1c[nH]c2ccccc12. The van der Waals surface area contributed by atoms with E-state index in [4.69, 9.17) is 5.73 Å². The fourth-order valence-electron chi connectivity index (χ4n) is 2.13. The van der Waals surface area contributed by atoms with Crippen molar-refractivity contribution in [1.29, 1.82) is 0 Å². The second-order valence-corrected chi connectivity index (χ2v) is 5.71. The molecule has 0 radical (unpaired) electrons. The first-order chi connectivity index (χ1) is 9.49. The van der Waals surface area contributed by atoms with E-state index in [9.17, 15) is 4.79 Å². The van der Waals surface area contributed by atoms with E-state index in [2.05, 4.69) is 24.1 Å². The Hall–Kier alpha value is -1.81. The summed E-state index contributed by atoms with van der Waals surface area (Å²) in [7, 11) is 0. The van der Waals surface area contributed by atoms with Gasteiger partial charge >= 0.3 is 0 Å². The summed E-state index contributed by atoms with van der Waals surface area (Å²) in [5.41, 5.74) is 8.18. The van der Waals surface area contributed by atoms with Crippen molar-refractivity contribution in [3.8, 4) is 0 Å². The molecule has 1 amide bonds. The second-order valence-electron chi connectivity index (χ2n) is 5.71. The molecule has 2 atom stereocenters. The minimum Gasteiger partial charge on any atom is -0.361 e. The van der Waals surface area contributed by atoms with Gasteiger partial charge in [0, 0.05) is 23.1 Å². The van der Waals surface area contributed by atoms with Crippen LogP contribution in [0, 0.1) is 5.92 Å². The predicted octanol–water partition coefficient (Wildman–Crippen LogP) is 2.20. The molecule has 20 heavy (non-hydrogen) atoms. The van der Waals surface area contributed by atoms with E-state index < -0.39 is 6.04 Å². The fraction of sp³-hybridized carbons (Fsp3) is 0.438. The molecule has 0 spiro atoms. The van der Waals surface area contributed by atoms with Gasteiger partial charge in [-0.05, 0) is 30.9 Å². The van der Waals surface area contributed by atoms with Gasteiger partial charge in [0.1, 0.15) is 0 Å². The molecular formula is C16H23N3O. The van der Waals surface area contributed by atoms with Crippen molar-refractivity contribution in [2.45, 2.75) is 39.3 Å². The van der Waals surface area contributed by atoms with Crippen LogP contribution in [0.25, 0.3) is 10.9 Å². The number of rotatable bonds is 5. The topological polar surface area (TPSA) is 70.9 Å². The largest absolute Gasteiger partial charge is 0.361 e. The number of fused-ring (bicyclic) bond motifs is 1. The quantitative estimate of drug-likeness (QED) is 0.781. The number of nitrogens with one attached hydrogen (secondary N) is 2. The molecule has 4 nitrogen and oxygen atoms in total. The molecule has 2 rings (SSSR count). The third-order valence-corrected chi connectivity index (χ3v) is 3.82. The number of carbonyl (C=O) groups is 1. The first-order valence-corrected chi connectivity index (χ1v) is 7.10. The van der Waals surface area contributed by atoms with Crippen molar-refractivity contribution in [2.75, 3.05) is 0 Å². The summed E-state index contributed by atoms with van der Waals surface area (Å²) < 4.78 is 0. The molecule has 1 heterocycles. The van der Waals surface area contributed by atoms with Gasteiger partial charge in [-0.1, -0.05) is 32.0 Å². The number of hydrogen-bond donors (Lipinski definition) is 3. The number of H-pyrrole nitrogens is 1. The summed E-state index contributed by atoms with van der Waals surface area (Å²) in [6.45, 7) is 6.16. The summed E-state index contributed by atoms with van der Waals surface area (Å²) >= 11 is 0. The Kier molecular flexibility index (Phi) is 4.45. The van der Waals surface area contributed by atoms with E-state index >= 15 is 0 Å². The molecule has 1 aromatic heterocycles. The Morgan fingerprint density at radius 3 is 2.70 bits per heavy atom. The molecule has 0 fully saturated rings. The highest BCUT2D eigenvalue weighted by Gasteiger charge is 2.18. The summed E-state index contributed by atoms with van der Waals surface area (Å²) in [6.07, 6.45) is 2.48. The van der Waals surface area contributed by atoms with Crippen LogP contribution in [-0.2, 0) is 11.2 Å². The van der Waals surface area contributed by atoms with E-state index in [0.717, 1.165) is 16.5 Å². The number of aromatic nitrogens is 1. The van der Waals surface area contributed by atoms with E-state index in [1.54, 1.807) is 0 Å². The lowest BCUT2D eigenvalue weighted by Gasteiger charge is -2.20. The van der Waals surface area contributed by atoms with Crippen LogP contribution in [0.5, 0.6) is 0 Å². The second kappa shape index (κ2) is 6.09. The Bertz CT molecular complexity index is 588. The number of benzene rings is 1. The molecule has 1 aromatic carbocycles. The van der Waals surface area contributed by atoms with Crippen LogP contribution in [0.15, 0.2) is 30.5 Å². The van der Waals surface area contributed by atoms with Crippen LogP contribution in [-0.4, -0.2) is 23.0 Å². The lowest BCUT2D eigenvalue weighted by molar-refractivity contribution is -0.123. The predicted molar refractivity (Wildman–Crippen MR) is 82.4 cm³/mol. The summed E-state index contributed by atoms with van der Waals surface area (Å²) in [6, 6.07) is 7.66. The maximum atomic E-state index is 12.1. The lowest BCUT2D eigenvalue weighted by Crippen LogP contribution is -2.47. The first kappa shape index (κ1) is 14.6. The zero-order valence-corrected chi connectivity index (χ0v) is 12.3. The van der Waals surface area contributed by atoms with Crippen molar-refractivity contribution >= 4 is 16.8 Å². The van der Waals surface area contributed by atoms with Gasteiger partial charge in [-0.2, -0.15) is 0 Å². The number of amides is 1. The maximum absolute atomic E-state index is 12.1. The number of carbonyl (C=O) groups excluding carboxylic acids is 1. The van der Waals surface area contributed by atoms with Crippen molar-refractivity contribution in [3.63, 3.8) is 0 Å². The number of para-hydroxylation sites is 1. The molecule has 4 N–H and O–H groups in total. The zero-order valence-electron chi connectivity index (χ0n) is 12.3. The Labute approximate surface area is 119 Å². The molecule has 2 aromatic rings. The van der Waals surface area contributed by atoms with Crippen LogP contribution in [0.3, 0.4) is 0 Å². The number of hydrogen-bond acceptors (Lipinski definition) is 2. The first-order valence-electron chi connectivity index (χ1n) is 7.10. The molecule has 0 saturated heterocycles. The minimum absolute atomic E-state index is 0.0866.